The second-order valence-electron chi connectivity index (χ2n) is 4.03. The van der Waals surface area contributed by atoms with Gasteiger partial charge in [0, 0.05) is 10.5 Å². The van der Waals surface area contributed by atoms with E-state index in [1.54, 1.807) is 22.6 Å². The van der Waals surface area contributed by atoms with E-state index in [1.165, 1.54) is 6.92 Å². The van der Waals surface area contributed by atoms with Gasteiger partial charge in [0.1, 0.15) is 0 Å². The quantitative estimate of drug-likeness (QED) is 0.283. The Labute approximate surface area is 176 Å². The molecule has 0 fully saturated rings. The average molecular weight is 676 g/mol. The summed E-state index contributed by atoms with van der Waals surface area (Å²) in [5.74, 6) is -1.99. The first-order valence-electron chi connectivity index (χ1n) is 5.71. The smallest absolute Gasteiger partial charge is 0.303 e. The second kappa shape index (κ2) is 8.75. The molecule has 0 unspecified atom stereocenters. The van der Waals surface area contributed by atoms with Gasteiger partial charge in [-0.25, -0.2) is 0 Å². The maximum absolute atomic E-state index is 11.8. The maximum atomic E-state index is 11.8. The highest BCUT2D eigenvalue weighted by Crippen LogP contribution is 2.36. The van der Waals surface area contributed by atoms with Crippen LogP contribution in [0.15, 0.2) is 0 Å². The molecule has 0 saturated heterocycles. The van der Waals surface area contributed by atoms with Crippen LogP contribution >= 0.6 is 79.4 Å². The van der Waals surface area contributed by atoms with Gasteiger partial charge in [-0.2, -0.15) is 0 Å². The number of nitrogens with two attached hydrogens (primary N) is 1. The number of benzene rings is 1. The molecule has 1 rings (SSSR count). The number of carbonyl (C=O) groups excluding carboxylic acids is 4. The van der Waals surface area contributed by atoms with Gasteiger partial charge in [-0.05, 0) is 79.4 Å². The first-order chi connectivity index (χ1) is 10.6. The van der Waals surface area contributed by atoms with Gasteiger partial charge in [-0.3, -0.25) is 19.2 Å². The van der Waals surface area contributed by atoms with Crippen molar-refractivity contribution in [3.63, 3.8) is 0 Å². The summed E-state index contributed by atoms with van der Waals surface area (Å²) in [4.78, 5) is 45.9. The summed E-state index contributed by atoms with van der Waals surface area (Å²) in [5.41, 5.74) is 5.71. The van der Waals surface area contributed by atoms with Crippen LogP contribution in [0.3, 0.4) is 0 Å². The van der Waals surface area contributed by atoms with E-state index in [0.29, 0.717) is 10.7 Å². The SMILES string of the molecule is CC(=O)OCC(=O)Nc1c(I)c(C(N)=O)c(I)c(C(=O)Cl)c1I. The average Bonchev–Trinajstić information content (AvgIpc) is 2.40. The Bertz CT molecular complexity index is 682. The van der Waals surface area contributed by atoms with Crippen LogP contribution in [-0.2, 0) is 14.3 Å². The molecule has 0 aliphatic heterocycles. The van der Waals surface area contributed by atoms with Gasteiger partial charge in [0.05, 0.1) is 24.0 Å². The molecule has 7 nitrogen and oxygen atoms in total. The molecule has 1 aromatic rings. The van der Waals surface area contributed by atoms with Gasteiger partial charge in [0.2, 0.25) is 0 Å². The molecule has 0 spiro atoms. The van der Waals surface area contributed by atoms with Crippen LogP contribution in [0.1, 0.15) is 27.6 Å². The monoisotopic (exact) mass is 676 g/mol. The minimum absolute atomic E-state index is 0.0740. The molecule has 23 heavy (non-hydrogen) atoms. The van der Waals surface area contributed by atoms with Crippen molar-refractivity contribution in [1.82, 2.24) is 0 Å². The molecule has 2 amide bonds. The lowest BCUT2D eigenvalue weighted by Gasteiger charge is -2.16. The fraction of sp³-hybridized carbons (Fsp3) is 0.167. The van der Waals surface area contributed by atoms with E-state index < -0.39 is 29.6 Å². The summed E-state index contributed by atoms with van der Waals surface area (Å²) >= 11 is 11.0. The van der Waals surface area contributed by atoms with Gasteiger partial charge >= 0.3 is 5.97 Å². The largest absolute Gasteiger partial charge is 0.456 e. The van der Waals surface area contributed by atoms with Crippen molar-refractivity contribution in [3.8, 4) is 0 Å². The predicted molar refractivity (Wildman–Crippen MR) is 109 cm³/mol. The summed E-state index contributed by atoms with van der Waals surface area (Å²) in [7, 11) is 0. The van der Waals surface area contributed by atoms with E-state index in [0.717, 1.165) is 0 Å². The Morgan fingerprint density at radius 2 is 1.61 bits per heavy atom. The second-order valence-corrected chi connectivity index (χ2v) is 7.61. The number of hydrogen-bond donors (Lipinski definition) is 2. The van der Waals surface area contributed by atoms with Crippen molar-refractivity contribution < 1.29 is 23.9 Å². The molecule has 124 valence electrons. The molecular formula is C12H8ClI3N2O5. The minimum Gasteiger partial charge on any atom is -0.456 e. The van der Waals surface area contributed by atoms with Gasteiger partial charge < -0.3 is 15.8 Å². The van der Waals surface area contributed by atoms with Crippen LogP contribution in [0.2, 0.25) is 0 Å². The van der Waals surface area contributed by atoms with Gasteiger partial charge in [0.15, 0.2) is 6.61 Å². The summed E-state index contributed by atoms with van der Waals surface area (Å²) in [6.07, 6.45) is 0. The lowest BCUT2D eigenvalue weighted by molar-refractivity contribution is -0.144. The number of primary amides is 1. The van der Waals surface area contributed by atoms with Crippen molar-refractivity contribution in [2.75, 3.05) is 11.9 Å². The van der Waals surface area contributed by atoms with Crippen LogP contribution < -0.4 is 11.1 Å². The zero-order valence-corrected chi connectivity index (χ0v) is 18.6. The van der Waals surface area contributed by atoms with Gasteiger partial charge in [-0.15, -0.1) is 0 Å². The van der Waals surface area contributed by atoms with E-state index in [4.69, 9.17) is 17.3 Å². The fourth-order valence-corrected chi connectivity index (χ4v) is 6.47. The number of esters is 1. The molecular weight excluding hydrogens is 668 g/mol. The van der Waals surface area contributed by atoms with Crippen LogP contribution in [-0.4, -0.2) is 29.6 Å². The molecule has 0 radical (unpaired) electrons. The highest BCUT2D eigenvalue weighted by atomic mass is 127. The summed E-state index contributed by atoms with van der Waals surface area (Å²) < 4.78 is 5.62. The Morgan fingerprint density at radius 1 is 1.09 bits per heavy atom. The van der Waals surface area contributed by atoms with Crippen molar-refractivity contribution in [1.29, 1.82) is 0 Å². The molecule has 0 heterocycles. The molecule has 0 bridgehead atoms. The van der Waals surface area contributed by atoms with Crippen LogP contribution in [0.5, 0.6) is 0 Å². The lowest BCUT2D eigenvalue weighted by atomic mass is 10.1. The third kappa shape index (κ3) is 5.12. The number of halogens is 4. The van der Waals surface area contributed by atoms with Crippen molar-refractivity contribution in [3.05, 3.63) is 21.8 Å². The topological polar surface area (TPSA) is 116 Å². The summed E-state index contributed by atoms with van der Waals surface area (Å²) in [6.45, 7) is 0.671. The lowest BCUT2D eigenvalue weighted by Crippen LogP contribution is -2.24. The van der Waals surface area contributed by atoms with Gasteiger partial charge in [0.25, 0.3) is 17.1 Å². The Kier molecular flexibility index (Phi) is 7.92. The highest BCUT2D eigenvalue weighted by Gasteiger charge is 2.26. The molecule has 0 saturated carbocycles. The molecule has 1 aromatic carbocycles. The molecule has 3 N–H and O–H groups in total. The number of carbonyl (C=O) groups is 4. The zero-order chi connectivity index (χ0) is 17.9. The summed E-state index contributed by atoms with van der Waals surface area (Å²) in [5, 5.41) is 1.71. The first-order valence-corrected chi connectivity index (χ1v) is 9.32. The van der Waals surface area contributed by atoms with Gasteiger partial charge in [-0.1, -0.05) is 0 Å². The van der Waals surface area contributed by atoms with E-state index in [-0.39, 0.29) is 16.8 Å². The number of rotatable bonds is 5. The van der Waals surface area contributed by atoms with Crippen LogP contribution in [0, 0.1) is 10.7 Å². The molecule has 0 aliphatic rings. The Morgan fingerprint density at radius 3 is 2.04 bits per heavy atom. The van der Waals surface area contributed by atoms with Crippen molar-refractivity contribution >= 4 is 108 Å². The standard InChI is InChI=1S/C12H8ClI3N2O5/c1-3(19)23-2-4(20)18-10-8(15)5(11(13)21)7(14)6(9(10)16)12(17)22/h2H2,1H3,(H2,17,22)(H,18,20). The highest BCUT2D eigenvalue weighted by molar-refractivity contribution is 14.1. The number of amides is 2. The Hall–Kier alpha value is -0.220. The van der Waals surface area contributed by atoms with E-state index in [9.17, 15) is 19.2 Å². The first kappa shape index (κ1) is 20.8. The van der Waals surface area contributed by atoms with E-state index >= 15 is 0 Å². The summed E-state index contributed by atoms with van der Waals surface area (Å²) in [6, 6.07) is 0. The van der Waals surface area contributed by atoms with E-state index in [2.05, 4.69) is 10.1 Å². The number of nitrogens with one attached hydrogen (secondary N) is 1. The number of hydrogen-bond acceptors (Lipinski definition) is 5. The van der Waals surface area contributed by atoms with Crippen LogP contribution in [0.25, 0.3) is 0 Å². The molecule has 0 atom stereocenters. The Balaban J connectivity index is 3.42. The third-order valence-electron chi connectivity index (χ3n) is 2.43. The van der Waals surface area contributed by atoms with Crippen molar-refractivity contribution in [2.45, 2.75) is 6.92 Å². The molecule has 0 aliphatic carbocycles. The molecule has 11 heteroatoms. The number of ether oxygens (including phenoxy) is 1. The minimum atomic E-state index is -0.784. The zero-order valence-electron chi connectivity index (χ0n) is 11.3. The van der Waals surface area contributed by atoms with Crippen molar-refractivity contribution in [2.24, 2.45) is 5.73 Å². The third-order valence-corrected chi connectivity index (χ3v) is 5.86. The normalized spacial score (nSPS) is 10.1. The predicted octanol–water partition coefficient (Wildman–Crippen LogP) is 2.48. The van der Waals surface area contributed by atoms with E-state index in [1.807, 2.05) is 45.2 Å². The fourth-order valence-electron chi connectivity index (χ4n) is 1.51. The number of anilines is 1. The van der Waals surface area contributed by atoms with Crippen LogP contribution in [0.4, 0.5) is 5.69 Å². The molecule has 0 aromatic heterocycles. The maximum Gasteiger partial charge on any atom is 0.303 e.